The van der Waals surface area contributed by atoms with Gasteiger partial charge >= 0.3 is 5.97 Å². The van der Waals surface area contributed by atoms with Gasteiger partial charge in [0.05, 0.1) is 11.8 Å². The van der Waals surface area contributed by atoms with Crippen LogP contribution in [0.25, 0.3) is 0 Å². The van der Waals surface area contributed by atoms with Crippen molar-refractivity contribution in [3.63, 3.8) is 0 Å². The number of hydrogen-bond acceptors (Lipinski definition) is 4. The van der Waals surface area contributed by atoms with E-state index < -0.39 is 35.7 Å². The first-order valence-corrected chi connectivity index (χ1v) is 5.69. The SMILES string of the molecule is O=C(O)C1CC=CCC1C(=O)N[C@@H]1CONC1=O. The molecule has 0 radical (unpaired) electrons. The van der Waals surface area contributed by atoms with E-state index in [-0.39, 0.29) is 6.61 Å². The Kier molecular flexibility index (Phi) is 3.61. The Hall–Kier alpha value is -1.89. The van der Waals surface area contributed by atoms with E-state index in [4.69, 9.17) is 5.11 Å². The third-order valence-electron chi connectivity index (χ3n) is 3.14. The molecule has 1 aliphatic carbocycles. The fourth-order valence-electron chi connectivity index (χ4n) is 2.11. The maximum Gasteiger partial charge on any atom is 0.307 e. The molecule has 7 nitrogen and oxygen atoms in total. The maximum absolute atomic E-state index is 12.0. The van der Waals surface area contributed by atoms with Crippen LogP contribution < -0.4 is 10.8 Å². The highest BCUT2D eigenvalue weighted by Gasteiger charge is 2.36. The Morgan fingerprint density at radius 2 is 2.00 bits per heavy atom. The van der Waals surface area contributed by atoms with Gasteiger partial charge in [-0.3, -0.25) is 19.2 Å². The third-order valence-corrected chi connectivity index (χ3v) is 3.14. The van der Waals surface area contributed by atoms with Crippen LogP contribution in [0.15, 0.2) is 12.2 Å². The zero-order chi connectivity index (χ0) is 13.1. The average Bonchev–Trinajstić information content (AvgIpc) is 2.75. The summed E-state index contributed by atoms with van der Waals surface area (Å²) in [5.74, 6) is -3.20. The van der Waals surface area contributed by atoms with Gasteiger partial charge in [0.15, 0.2) is 0 Å². The smallest absolute Gasteiger partial charge is 0.307 e. The molecule has 0 aromatic carbocycles. The summed E-state index contributed by atoms with van der Waals surface area (Å²) in [6.45, 7) is 0.0604. The molecule has 0 spiro atoms. The van der Waals surface area contributed by atoms with Crippen LogP contribution in [0.5, 0.6) is 0 Å². The van der Waals surface area contributed by atoms with Gasteiger partial charge in [-0.15, -0.1) is 0 Å². The molecule has 0 saturated carbocycles. The normalized spacial score (nSPS) is 30.9. The molecule has 0 bridgehead atoms. The summed E-state index contributed by atoms with van der Waals surface area (Å²) in [6, 6.07) is -0.738. The fraction of sp³-hybridized carbons (Fsp3) is 0.545. The summed E-state index contributed by atoms with van der Waals surface area (Å²) < 4.78 is 0. The standard InChI is InChI=1S/C11H14N2O5/c14-9(12-8-5-18-13-10(8)15)6-3-1-2-4-7(6)11(16)17/h1-2,6-8H,3-5H2,(H,12,14)(H,13,15)(H,16,17)/t6?,7?,8-/m1/s1. The van der Waals surface area contributed by atoms with Crippen LogP contribution in [0, 0.1) is 11.8 Å². The Bertz CT molecular complexity index is 406. The molecule has 7 heteroatoms. The number of carboxylic acid groups (broad SMARTS) is 1. The van der Waals surface area contributed by atoms with Crippen LogP contribution in [0.2, 0.25) is 0 Å². The summed E-state index contributed by atoms with van der Waals surface area (Å²) in [7, 11) is 0. The van der Waals surface area contributed by atoms with Crippen molar-refractivity contribution in [3.8, 4) is 0 Å². The minimum absolute atomic E-state index is 0.0604. The molecule has 2 unspecified atom stereocenters. The molecule has 3 N–H and O–H groups in total. The Morgan fingerprint density at radius 3 is 2.56 bits per heavy atom. The monoisotopic (exact) mass is 254 g/mol. The lowest BCUT2D eigenvalue weighted by molar-refractivity contribution is -0.147. The molecule has 3 atom stereocenters. The number of carboxylic acids is 1. The molecule has 1 fully saturated rings. The van der Waals surface area contributed by atoms with E-state index in [1.54, 1.807) is 12.2 Å². The van der Waals surface area contributed by atoms with Crippen molar-refractivity contribution in [1.82, 2.24) is 10.8 Å². The van der Waals surface area contributed by atoms with E-state index >= 15 is 0 Å². The van der Waals surface area contributed by atoms with Crippen LogP contribution in [0.1, 0.15) is 12.8 Å². The predicted octanol–water partition coefficient (Wildman–Crippen LogP) is -0.800. The summed E-state index contributed by atoms with van der Waals surface area (Å²) in [6.07, 6.45) is 4.25. The predicted molar refractivity (Wildman–Crippen MR) is 59.0 cm³/mol. The van der Waals surface area contributed by atoms with Gasteiger partial charge in [-0.2, -0.15) is 0 Å². The number of hydroxylamine groups is 1. The minimum atomic E-state index is -0.994. The Morgan fingerprint density at radius 1 is 1.33 bits per heavy atom. The number of aliphatic carboxylic acids is 1. The van der Waals surface area contributed by atoms with Crippen molar-refractivity contribution in [2.75, 3.05) is 6.61 Å². The molecule has 18 heavy (non-hydrogen) atoms. The molecule has 0 aromatic heterocycles. The van der Waals surface area contributed by atoms with Gasteiger partial charge in [0, 0.05) is 0 Å². The van der Waals surface area contributed by atoms with Gasteiger partial charge in [-0.25, -0.2) is 5.48 Å². The zero-order valence-corrected chi connectivity index (χ0v) is 9.59. The molecule has 1 aliphatic heterocycles. The van der Waals surface area contributed by atoms with E-state index in [2.05, 4.69) is 15.6 Å². The number of allylic oxidation sites excluding steroid dienone is 2. The maximum atomic E-state index is 12.0. The Balaban J connectivity index is 2.00. The number of rotatable bonds is 3. The summed E-state index contributed by atoms with van der Waals surface area (Å²) in [5, 5.41) is 11.6. The van der Waals surface area contributed by atoms with Crippen molar-refractivity contribution in [1.29, 1.82) is 0 Å². The van der Waals surface area contributed by atoms with Crippen molar-refractivity contribution >= 4 is 17.8 Å². The fourth-order valence-corrected chi connectivity index (χ4v) is 2.11. The van der Waals surface area contributed by atoms with Crippen molar-refractivity contribution in [2.45, 2.75) is 18.9 Å². The average molecular weight is 254 g/mol. The van der Waals surface area contributed by atoms with Gasteiger partial charge in [0.2, 0.25) is 5.91 Å². The lowest BCUT2D eigenvalue weighted by atomic mass is 9.82. The van der Waals surface area contributed by atoms with Crippen molar-refractivity contribution in [2.24, 2.45) is 11.8 Å². The van der Waals surface area contributed by atoms with E-state index in [1.807, 2.05) is 0 Å². The lowest BCUT2D eigenvalue weighted by Crippen LogP contribution is -2.47. The molecule has 0 aromatic rings. The third kappa shape index (κ3) is 2.51. The van der Waals surface area contributed by atoms with E-state index in [1.165, 1.54) is 0 Å². The first-order chi connectivity index (χ1) is 8.59. The second-order valence-corrected chi connectivity index (χ2v) is 4.33. The van der Waals surface area contributed by atoms with Gasteiger partial charge in [0.1, 0.15) is 12.6 Å². The van der Waals surface area contributed by atoms with Gasteiger partial charge in [-0.05, 0) is 12.8 Å². The Labute approximate surface area is 103 Å². The van der Waals surface area contributed by atoms with Crippen molar-refractivity contribution in [3.05, 3.63) is 12.2 Å². The lowest BCUT2D eigenvalue weighted by Gasteiger charge is -2.24. The molecule has 2 amide bonds. The summed E-state index contributed by atoms with van der Waals surface area (Å²) in [5.41, 5.74) is 2.13. The van der Waals surface area contributed by atoms with E-state index in [9.17, 15) is 14.4 Å². The van der Waals surface area contributed by atoms with Gasteiger partial charge < -0.3 is 10.4 Å². The highest BCUT2D eigenvalue weighted by Crippen LogP contribution is 2.26. The van der Waals surface area contributed by atoms with Crippen LogP contribution in [-0.2, 0) is 19.2 Å². The molecule has 2 aliphatic rings. The second kappa shape index (κ2) is 5.18. The highest BCUT2D eigenvalue weighted by atomic mass is 16.7. The van der Waals surface area contributed by atoms with Gasteiger partial charge in [-0.1, -0.05) is 12.2 Å². The first-order valence-electron chi connectivity index (χ1n) is 5.69. The van der Waals surface area contributed by atoms with Crippen LogP contribution in [-0.4, -0.2) is 35.5 Å². The molecule has 1 saturated heterocycles. The van der Waals surface area contributed by atoms with Gasteiger partial charge in [0.25, 0.3) is 5.91 Å². The van der Waals surface area contributed by atoms with Crippen molar-refractivity contribution < 1.29 is 24.3 Å². The molecular weight excluding hydrogens is 240 g/mol. The quantitative estimate of drug-likeness (QED) is 0.572. The van der Waals surface area contributed by atoms with E-state index in [0.29, 0.717) is 12.8 Å². The second-order valence-electron chi connectivity index (χ2n) is 4.33. The van der Waals surface area contributed by atoms with Crippen LogP contribution in [0.4, 0.5) is 0 Å². The first kappa shape index (κ1) is 12.6. The number of carbonyl (C=O) groups excluding carboxylic acids is 2. The molecule has 2 rings (SSSR count). The highest BCUT2D eigenvalue weighted by molar-refractivity contribution is 5.91. The minimum Gasteiger partial charge on any atom is -0.481 e. The number of amides is 2. The number of nitrogens with one attached hydrogen (secondary N) is 2. The topological polar surface area (TPSA) is 105 Å². The summed E-state index contributed by atoms with van der Waals surface area (Å²) in [4.78, 5) is 38.9. The van der Waals surface area contributed by atoms with Crippen LogP contribution in [0.3, 0.4) is 0 Å². The number of hydrogen-bond donors (Lipinski definition) is 3. The summed E-state index contributed by atoms with van der Waals surface area (Å²) >= 11 is 0. The number of carbonyl (C=O) groups is 3. The molecule has 1 heterocycles. The van der Waals surface area contributed by atoms with Crippen LogP contribution >= 0.6 is 0 Å². The largest absolute Gasteiger partial charge is 0.481 e. The molecule has 98 valence electrons. The van der Waals surface area contributed by atoms with E-state index in [0.717, 1.165) is 0 Å². The zero-order valence-electron chi connectivity index (χ0n) is 9.59. The molecular formula is C11H14N2O5.